The second kappa shape index (κ2) is 5.25. The lowest BCUT2D eigenvalue weighted by atomic mass is 10.1. The zero-order valence-corrected chi connectivity index (χ0v) is 11.5. The van der Waals surface area contributed by atoms with Crippen molar-refractivity contribution in [3.05, 3.63) is 46.3 Å². The van der Waals surface area contributed by atoms with Crippen LogP contribution >= 0.6 is 0 Å². The maximum Gasteiger partial charge on any atom is 0.122 e. The topological polar surface area (TPSA) is 37.9 Å². The van der Waals surface area contributed by atoms with Gasteiger partial charge >= 0.3 is 0 Å². The highest BCUT2D eigenvalue weighted by atomic mass is 16.5. The molecule has 2 aromatic rings. The number of hydrogen-bond donors (Lipinski definition) is 1. The molecule has 0 aliphatic rings. The zero-order chi connectivity index (χ0) is 13.1. The smallest absolute Gasteiger partial charge is 0.122 e. The van der Waals surface area contributed by atoms with Crippen molar-refractivity contribution in [2.24, 2.45) is 0 Å². The number of aromatic nitrogens is 2. The summed E-state index contributed by atoms with van der Waals surface area (Å²) in [5.41, 5.74) is 5.92. The molecule has 0 saturated carbocycles. The minimum absolute atomic E-state index is 0.686. The van der Waals surface area contributed by atoms with E-state index < -0.39 is 0 Å². The third-order valence-electron chi connectivity index (χ3n) is 3.22. The second-order valence-electron chi connectivity index (χ2n) is 4.78. The number of ether oxygens (including phenoxy) is 1. The molecule has 0 bridgehead atoms. The van der Waals surface area contributed by atoms with E-state index in [2.05, 4.69) is 36.2 Å². The van der Waals surface area contributed by atoms with E-state index in [1.54, 1.807) is 0 Å². The van der Waals surface area contributed by atoms with Gasteiger partial charge in [-0.3, -0.25) is 5.10 Å². The average molecular weight is 244 g/mol. The Bertz CT molecular complexity index is 524. The Balaban J connectivity index is 1.96. The lowest BCUT2D eigenvalue weighted by molar-refractivity contribution is 0.319. The Morgan fingerprint density at radius 1 is 1.17 bits per heavy atom. The van der Waals surface area contributed by atoms with E-state index in [-0.39, 0.29) is 0 Å². The highest BCUT2D eigenvalue weighted by Gasteiger charge is 2.06. The van der Waals surface area contributed by atoms with Gasteiger partial charge in [-0.1, -0.05) is 17.7 Å². The van der Waals surface area contributed by atoms with Gasteiger partial charge in [0.25, 0.3) is 0 Å². The molecule has 2 rings (SSSR count). The molecule has 0 fully saturated rings. The van der Waals surface area contributed by atoms with Crippen molar-refractivity contribution in [3.8, 4) is 5.75 Å². The average Bonchev–Trinajstić information content (AvgIpc) is 2.63. The molecule has 0 saturated heterocycles. The molecule has 1 N–H and O–H groups in total. The summed E-state index contributed by atoms with van der Waals surface area (Å²) in [4.78, 5) is 0. The Labute approximate surface area is 108 Å². The lowest BCUT2D eigenvalue weighted by Gasteiger charge is -2.09. The van der Waals surface area contributed by atoms with E-state index in [1.807, 2.05) is 19.9 Å². The molecule has 3 heteroatoms. The quantitative estimate of drug-likeness (QED) is 0.896. The van der Waals surface area contributed by atoms with Crippen LogP contribution < -0.4 is 4.74 Å². The summed E-state index contributed by atoms with van der Waals surface area (Å²) in [5.74, 6) is 0.972. The molecule has 0 radical (unpaired) electrons. The van der Waals surface area contributed by atoms with Crippen LogP contribution in [0.5, 0.6) is 5.75 Å². The SMILES string of the molecule is Cc1ccc(OCCc2c(C)n[nH]c2C)c(C)c1. The normalized spacial score (nSPS) is 10.7. The van der Waals surface area contributed by atoms with Crippen LogP contribution in [-0.2, 0) is 6.42 Å². The first kappa shape index (κ1) is 12.7. The van der Waals surface area contributed by atoms with Gasteiger partial charge in [0.2, 0.25) is 0 Å². The predicted octanol–water partition coefficient (Wildman–Crippen LogP) is 3.26. The van der Waals surface area contributed by atoms with E-state index in [1.165, 1.54) is 16.7 Å². The van der Waals surface area contributed by atoms with E-state index in [4.69, 9.17) is 4.74 Å². The maximum absolute atomic E-state index is 5.83. The van der Waals surface area contributed by atoms with Crippen LogP contribution in [0.15, 0.2) is 18.2 Å². The molecule has 0 aliphatic carbocycles. The first-order chi connectivity index (χ1) is 8.58. The van der Waals surface area contributed by atoms with Crippen molar-refractivity contribution < 1.29 is 4.74 Å². The van der Waals surface area contributed by atoms with Gasteiger partial charge in [-0.15, -0.1) is 0 Å². The third-order valence-corrected chi connectivity index (χ3v) is 3.22. The third kappa shape index (κ3) is 2.73. The Morgan fingerprint density at radius 2 is 1.94 bits per heavy atom. The monoisotopic (exact) mass is 244 g/mol. The molecular weight excluding hydrogens is 224 g/mol. The Kier molecular flexibility index (Phi) is 3.70. The molecule has 3 nitrogen and oxygen atoms in total. The summed E-state index contributed by atoms with van der Waals surface area (Å²) in [6.07, 6.45) is 0.890. The van der Waals surface area contributed by atoms with E-state index in [0.29, 0.717) is 6.61 Å². The molecule has 96 valence electrons. The molecule has 1 aromatic carbocycles. The number of nitrogens with zero attached hydrogens (tertiary/aromatic N) is 1. The number of hydrogen-bond acceptors (Lipinski definition) is 2. The Hall–Kier alpha value is -1.77. The summed E-state index contributed by atoms with van der Waals surface area (Å²) in [7, 11) is 0. The molecular formula is C15H20N2O. The van der Waals surface area contributed by atoms with Crippen LogP contribution in [0.4, 0.5) is 0 Å². The minimum Gasteiger partial charge on any atom is -0.493 e. The second-order valence-corrected chi connectivity index (χ2v) is 4.78. The summed E-state index contributed by atoms with van der Waals surface area (Å²) < 4.78 is 5.83. The summed E-state index contributed by atoms with van der Waals surface area (Å²) in [6, 6.07) is 6.26. The molecule has 0 atom stereocenters. The molecule has 0 unspecified atom stereocenters. The van der Waals surface area contributed by atoms with E-state index >= 15 is 0 Å². The van der Waals surface area contributed by atoms with Gasteiger partial charge in [-0.2, -0.15) is 5.10 Å². The minimum atomic E-state index is 0.686. The van der Waals surface area contributed by atoms with E-state index in [9.17, 15) is 0 Å². The highest BCUT2D eigenvalue weighted by molar-refractivity contribution is 5.35. The van der Waals surface area contributed by atoms with E-state index in [0.717, 1.165) is 23.6 Å². The molecule has 0 spiro atoms. The predicted molar refractivity (Wildman–Crippen MR) is 73.2 cm³/mol. The summed E-state index contributed by atoms with van der Waals surface area (Å²) in [5, 5.41) is 7.19. The molecule has 18 heavy (non-hydrogen) atoms. The zero-order valence-electron chi connectivity index (χ0n) is 11.5. The first-order valence-electron chi connectivity index (χ1n) is 6.28. The van der Waals surface area contributed by atoms with Gasteiger partial charge in [-0.05, 0) is 44.9 Å². The fourth-order valence-corrected chi connectivity index (χ4v) is 2.17. The van der Waals surface area contributed by atoms with Gasteiger partial charge < -0.3 is 4.74 Å². The number of benzene rings is 1. The van der Waals surface area contributed by atoms with Gasteiger partial charge in [0.05, 0.1) is 12.3 Å². The lowest BCUT2D eigenvalue weighted by Crippen LogP contribution is -2.04. The number of H-pyrrole nitrogens is 1. The number of aryl methyl sites for hydroxylation is 4. The van der Waals surface area contributed by atoms with Crippen LogP contribution in [0.2, 0.25) is 0 Å². The van der Waals surface area contributed by atoms with Gasteiger partial charge in [0.1, 0.15) is 5.75 Å². The van der Waals surface area contributed by atoms with Gasteiger partial charge in [0.15, 0.2) is 0 Å². The molecule has 1 aromatic heterocycles. The largest absolute Gasteiger partial charge is 0.493 e. The van der Waals surface area contributed by atoms with Crippen molar-refractivity contribution in [3.63, 3.8) is 0 Å². The van der Waals surface area contributed by atoms with Crippen LogP contribution in [0.1, 0.15) is 28.1 Å². The number of rotatable bonds is 4. The first-order valence-corrected chi connectivity index (χ1v) is 6.28. The molecule has 1 heterocycles. The number of aromatic amines is 1. The Morgan fingerprint density at radius 3 is 2.56 bits per heavy atom. The van der Waals surface area contributed by atoms with Crippen LogP contribution in [-0.4, -0.2) is 16.8 Å². The van der Waals surface area contributed by atoms with Gasteiger partial charge in [0, 0.05) is 12.1 Å². The van der Waals surface area contributed by atoms with Gasteiger partial charge in [-0.25, -0.2) is 0 Å². The number of nitrogens with one attached hydrogen (secondary N) is 1. The van der Waals surface area contributed by atoms with Crippen molar-refractivity contribution in [1.29, 1.82) is 0 Å². The van der Waals surface area contributed by atoms with Crippen LogP contribution in [0, 0.1) is 27.7 Å². The van der Waals surface area contributed by atoms with Crippen molar-refractivity contribution in [2.75, 3.05) is 6.61 Å². The standard InChI is InChI=1S/C15H20N2O/c1-10-5-6-15(11(2)9-10)18-8-7-14-12(3)16-17-13(14)4/h5-6,9H,7-8H2,1-4H3,(H,16,17). The highest BCUT2D eigenvalue weighted by Crippen LogP contribution is 2.19. The fourth-order valence-electron chi connectivity index (χ4n) is 2.17. The summed E-state index contributed by atoms with van der Waals surface area (Å²) >= 11 is 0. The van der Waals surface area contributed by atoms with Crippen molar-refractivity contribution >= 4 is 0 Å². The van der Waals surface area contributed by atoms with Crippen molar-refractivity contribution in [1.82, 2.24) is 10.2 Å². The fraction of sp³-hybridized carbons (Fsp3) is 0.400. The molecule has 0 aliphatic heterocycles. The molecule has 0 amide bonds. The maximum atomic E-state index is 5.83. The van der Waals surface area contributed by atoms with Crippen LogP contribution in [0.3, 0.4) is 0 Å². The van der Waals surface area contributed by atoms with Crippen LogP contribution in [0.25, 0.3) is 0 Å². The van der Waals surface area contributed by atoms with Crippen molar-refractivity contribution in [2.45, 2.75) is 34.1 Å². The summed E-state index contributed by atoms with van der Waals surface area (Å²) in [6.45, 7) is 8.93.